The highest BCUT2D eigenvalue weighted by Crippen LogP contribution is 2.21. The van der Waals surface area contributed by atoms with E-state index in [2.05, 4.69) is 38.1 Å². The first-order chi connectivity index (χ1) is 12.2. The number of benzene rings is 2. The first-order valence-corrected chi connectivity index (χ1v) is 8.88. The quantitative estimate of drug-likeness (QED) is 0.592. The Morgan fingerprint density at radius 1 is 1.04 bits per heavy atom. The summed E-state index contributed by atoms with van der Waals surface area (Å²) >= 11 is 2.15. The van der Waals surface area contributed by atoms with Crippen LogP contribution in [0.5, 0.6) is 5.88 Å². The number of halogens is 1. The molecular formula is C19H16IN3O2. The van der Waals surface area contributed by atoms with Gasteiger partial charge in [-0.25, -0.2) is 0 Å². The Labute approximate surface area is 159 Å². The van der Waals surface area contributed by atoms with Crippen LogP contribution in [0.1, 0.15) is 17.3 Å². The van der Waals surface area contributed by atoms with Crippen molar-refractivity contribution in [3.63, 3.8) is 0 Å². The molecule has 1 aromatic heterocycles. The fraction of sp³-hybridized carbons (Fsp3) is 0.105. The lowest BCUT2D eigenvalue weighted by Crippen LogP contribution is -2.13. The standard InChI is InChI=1S/C19H16IN3O2/c1-2-25-18-12-11-17(22-23-18)13-7-9-14(10-8-13)21-19(24)15-5-3-4-6-16(15)20/h3-12H,2H2,1H3,(H,21,24). The largest absolute Gasteiger partial charge is 0.477 e. The van der Waals surface area contributed by atoms with E-state index in [0.29, 0.717) is 18.1 Å². The average Bonchev–Trinajstić information content (AvgIpc) is 2.64. The zero-order chi connectivity index (χ0) is 17.6. The molecule has 0 spiro atoms. The van der Waals surface area contributed by atoms with Crippen LogP contribution in [0.4, 0.5) is 5.69 Å². The van der Waals surface area contributed by atoms with Gasteiger partial charge in [-0.1, -0.05) is 24.3 Å². The summed E-state index contributed by atoms with van der Waals surface area (Å²) in [6.45, 7) is 2.46. The fourth-order valence-corrected chi connectivity index (χ4v) is 2.90. The van der Waals surface area contributed by atoms with Crippen molar-refractivity contribution in [3.8, 4) is 17.1 Å². The van der Waals surface area contributed by atoms with Gasteiger partial charge in [-0.3, -0.25) is 4.79 Å². The van der Waals surface area contributed by atoms with E-state index in [1.165, 1.54) is 0 Å². The third-order valence-corrected chi connectivity index (χ3v) is 4.43. The molecule has 126 valence electrons. The summed E-state index contributed by atoms with van der Waals surface area (Å²) in [4.78, 5) is 12.3. The van der Waals surface area contributed by atoms with Crippen LogP contribution in [0.25, 0.3) is 11.3 Å². The number of carbonyl (C=O) groups is 1. The number of nitrogens with zero attached hydrogens (tertiary/aromatic N) is 2. The maximum absolute atomic E-state index is 12.3. The minimum Gasteiger partial charge on any atom is -0.477 e. The van der Waals surface area contributed by atoms with Crippen molar-refractivity contribution < 1.29 is 9.53 Å². The van der Waals surface area contributed by atoms with E-state index in [1.54, 1.807) is 12.1 Å². The number of amides is 1. The summed E-state index contributed by atoms with van der Waals surface area (Å²) in [6, 6.07) is 18.6. The Bertz CT molecular complexity index is 865. The lowest BCUT2D eigenvalue weighted by molar-refractivity contribution is 0.102. The highest BCUT2D eigenvalue weighted by Gasteiger charge is 2.09. The van der Waals surface area contributed by atoms with Crippen LogP contribution >= 0.6 is 22.6 Å². The number of hydrogen-bond donors (Lipinski definition) is 1. The molecular weight excluding hydrogens is 429 g/mol. The second-order valence-corrected chi connectivity index (χ2v) is 6.36. The number of ether oxygens (including phenoxy) is 1. The minimum atomic E-state index is -0.126. The summed E-state index contributed by atoms with van der Waals surface area (Å²) in [7, 11) is 0. The van der Waals surface area contributed by atoms with Gasteiger partial charge in [0.1, 0.15) is 0 Å². The van der Waals surface area contributed by atoms with Crippen molar-refractivity contribution in [1.82, 2.24) is 10.2 Å². The van der Waals surface area contributed by atoms with E-state index in [4.69, 9.17) is 4.74 Å². The van der Waals surface area contributed by atoms with Crippen molar-refractivity contribution in [3.05, 3.63) is 69.8 Å². The Morgan fingerprint density at radius 3 is 2.44 bits per heavy atom. The van der Waals surface area contributed by atoms with Crippen LogP contribution in [-0.2, 0) is 0 Å². The molecule has 3 rings (SSSR count). The summed E-state index contributed by atoms with van der Waals surface area (Å²) < 4.78 is 6.21. The van der Waals surface area contributed by atoms with Crippen LogP contribution < -0.4 is 10.1 Å². The molecule has 0 atom stereocenters. The normalized spacial score (nSPS) is 10.3. The molecule has 3 aromatic rings. The number of hydrogen-bond acceptors (Lipinski definition) is 4. The molecule has 0 saturated carbocycles. The van der Waals surface area contributed by atoms with E-state index >= 15 is 0 Å². The van der Waals surface area contributed by atoms with Crippen molar-refractivity contribution in [2.24, 2.45) is 0 Å². The summed E-state index contributed by atoms with van der Waals surface area (Å²) in [5, 5.41) is 11.1. The van der Waals surface area contributed by atoms with E-state index in [9.17, 15) is 4.79 Å². The fourth-order valence-electron chi connectivity index (χ4n) is 2.27. The topological polar surface area (TPSA) is 64.1 Å². The Hall–Kier alpha value is -2.48. The van der Waals surface area contributed by atoms with Gasteiger partial charge in [-0.2, -0.15) is 0 Å². The van der Waals surface area contributed by atoms with Crippen LogP contribution in [0.15, 0.2) is 60.7 Å². The van der Waals surface area contributed by atoms with Crippen molar-refractivity contribution >= 4 is 34.2 Å². The lowest BCUT2D eigenvalue weighted by Gasteiger charge is -2.08. The Morgan fingerprint density at radius 2 is 1.80 bits per heavy atom. The van der Waals surface area contributed by atoms with Crippen LogP contribution in [-0.4, -0.2) is 22.7 Å². The van der Waals surface area contributed by atoms with Gasteiger partial charge in [0.2, 0.25) is 5.88 Å². The molecule has 0 unspecified atom stereocenters. The smallest absolute Gasteiger partial charge is 0.256 e. The summed E-state index contributed by atoms with van der Waals surface area (Å²) in [6.07, 6.45) is 0. The molecule has 0 bridgehead atoms. The number of nitrogens with one attached hydrogen (secondary N) is 1. The van der Waals surface area contributed by atoms with E-state index in [0.717, 1.165) is 20.5 Å². The molecule has 1 heterocycles. The molecule has 6 heteroatoms. The number of rotatable bonds is 5. The highest BCUT2D eigenvalue weighted by atomic mass is 127. The molecule has 0 aliphatic carbocycles. The maximum Gasteiger partial charge on any atom is 0.256 e. The SMILES string of the molecule is CCOc1ccc(-c2ccc(NC(=O)c3ccccc3I)cc2)nn1. The van der Waals surface area contributed by atoms with Gasteiger partial charge in [0.05, 0.1) is 17.9 Å². The van der Waals surface area contributed by atoms with Gasteiger partial charge in [0, 0.05) is 20.9 Å². The van der Waals surface area contributed by atoms with Gasteiger partial charge in [-0.05, 0) is 59.8 Å². The third-order valence-electron chi connectivity index (χ3n) is 3.49. The first kappa shape index (κ1) is 17.3. The second-order valence-electron chi connectivity index (χ2n) is 5.20. The predicted octanol–water partition coefficient (Wildman–Crippen LogP) is 4.40. The average molecular weight is 445 g/mol. The molecule has 2 aromatic carbocycles. The molecule has 0 fully saturated rings. The van der Waals surface area contributed by atoms with Crippen LogP contribution in [0.2, 0.25) is 0 Å². The van der Waals surface area contributed by atoms with E-state index in [1.807, 2.05) is 55.5 Å². The summed E-state index contributed by atoms with van der Waals surface area (Å²) in [5.41, 5.74) is 3.05. The molecule has 0 saturated heterocycles. The Kier molecular flexibility index (Phi) is 5.60. The number of anilines is 1. The van der Waals surface area contributed by atoms with E-state index < -0.39 is 0 Å². The molecule has 1 amide bonds. The van der Waals surface area contributed by atoms with Crippen molar-refractivity contribution in [2.45, 2.75) is 6.92 Å². The zero-order valence-corrected chi connectivity index (χ0v) is 15.7. The molecule has 0 aliphatic heterocycles. The Balaban J connectivity index is 1.72. The first-order valence-electron chi connectivity index (χ1n) is 7.80. The molecule has 1 N–H and O–H groups in total. The van der Waals surface area contributed by atoms with Gasteiger partial charge >= 0.3 is 0 Å². The minimum absolute atomic E-state index is 0.126. The maximum atomic E-state index is 12.3. The van der Waals surface area contributed by atoms with Crippen LogP contribution in [0, 0.1) is 3.57 Å². The third kappa shape index (κ3) is 4.33. The highest BCUT2D eigenvalue weighted by molar-refractivity contribution is 14.1. The van der Waals surface area contributed by atoms with Gasteiger partial charge in [-0.15, -0.1) is 10.2 Å². The molecule has 5 nitrogen and oxygen atoms in total. The second kappa shape index (κ2) is 8.06. The van der Waals surface area contributed by atoms with Crippen LogP contribution in [0.3, 0.4) is 0 Å². The molecule has 0 radical (unpaired) electrons. The monoisotopic (exact) mass is 445 g/mol. The zero-order valence-electron chi connectivity index (χ0n) is 13.6. The van der Waals surface area contributed by atoms with Crippen molar-refractivity contribution in [1.29, 1.82) is 0 Å². The predicted molar refractivity (Wildman–Crippen MR) is 106 cm³/mol. The number of aromatic nitrogens is 2. The van der Waals surface area contributed by atoms with Gasteiger partial charge in [0.25, 0.3) is 5.91 Å². The van der Waals surface area contributed by atoms with Gasteiger partial charge in [0.15, 0.2) is 0 Å². The van der Waals surface area contributed by atoms with E-state index in [-0.39, 0.29) is 5.91 Å². The number of carbonyl (C=O) groups excluding carboxylic acids is 1. The molecule has 0 aliphatic rings. The lowest BCUT2D eigenvalue weighted by atomic mass is 10.1. The van der Waals surface area contributed by atoms with Crippen molar-refractivity contribution in [2.75, 3.05) is 11.9 Å². The molecule has 25 heavy (non-hydrogen) atoms. The van der Waals surface area contributed by atoms with Gasteiger partial charge < -0.3 is 10.1 Å². The summed E-state index contributed by atoms with van der Waals surface area (Å²) in [5.74, 6) is 0.381.